The van der Waals surface area contributed by atoms with E-state index in [1.165, 1.54) is 50.3 Å². The van der Waals surface area contributed by atoms with Gasteiger partial charge in [0.1, 0.15) is 0 Å². The van der Waals surface area contributed by atoms with Crippen LogP contribution in [-0.4, -0.2) is 74.5 Å². The van der Waals surface area contributed by atoms with Gasteiger partial charge in [-0.2, -0.15) is 0 Å². The maximum atomic E-state index is 11.7. The molecule has 1 saturated carbocycles. The molecule has 1 fully saturated rings. The molecule has 0 aliphatic heterocycles. The van der Waals surface area contributed by atoms with E-state index in [2.05, 4.69) is 27.7 Å². The Morgan fingerprint density at radius 1 is 0.905 bits per heavy atom. The third-order valence-electron chi connectivity index (χ3n) is 3.20. The number of hydrogen-bond acceptors (Lipinski definition) is 2. The third kappa shape index (κ3) is 16.0. The molecule has 0 bridgehead atoms. The van der Waals surface area contributed by atoms with Crippen molar-refractivity contribution in [1.82, 2.24) is 4.90 Å². The molecule has 1 aliphatic carbocycles. The van der Waals surface area contributed by atoms with Gasteiger partial charge in [0.15, 0.2) is 0 Å². The number of amides is 1. The van der Waals surface area contributed by atoms with Crippen LogP contribution < -0.4 is 0 Å². The van der Waals surface area contributed by atoms with Gasteiger partial charge in [-0.3, -0.25) is 4.79 Å². The molecule has 0 heterocycles. The fourth-order valence-electron chi connectivity index (χ4n) is 2.38. The average molecular weight is 391 g/mol. The average Bonchev–Trinajstić information content (AvgIpc) is 2.40. The van der Waals surface area contributed by atoms with E-state index in [-0.39, 0.29) is 50.7 Å². The van der Waals surface area contributed by atoms with Crippen molar-refractivity contribution in [2.75, 3.05) is 18.8 Å². The van der Waals surface area contributed by atoms with Crippen molar-refractivity contribution in [2.24, 2.45) is 11.8 Å². The number of nitrogens with zero attached hydrogens (tertiary/aromatic N) is 1. The zero-order valence-electron chi connectivity index (χ0n) is 14.3. The summed E-state index contributed by atoms with van der Waals surface area (Å²) < 4.78 is 0. The van der Waals surface area contributed by atoms with E-state index in [9.17, 15) is 4.79 Å². The molecule has 1 rings (SSSR count). The number of carbonyl (C=O) groups excluding carboxylic acids is 1. The van der Waals surface area contributed by atoms with E-state index in [0.717, 1.165) is 18.8 Å². The monoisotopic (exact) mass is 391 g/mol. The summed E-state index contributed by atoms with van der Waals surface area (Å²) in [5.41, 5.74) is 0. The fraction of sp³-hybridized carbons (Fsp3) is 0.941. The van der Waals surface area contributed by atoms with Crippen molar-refractivity contribution in [1.29, 1.82) is 0 Å². The summed E-state index contributed by atoms with van der Waals surface area (Å²) >= 11 is 1.41. The van der Waals surface area contributed by atoms with E-state index in [4.69, 9.17) is 0 Å². The summed E-state index contributed by atoms with van der Waals surface area (Å²) in [6, 6.07) is 0. The standard InChI is InChI=1S/C11H23NOS.C6H12.Sr.2H/c1-6-14-11(13)12(7-9(2)3)8-10(4)5;1-2-4-6-5-3-1;;;/h9-10H,6-8H2,1-5H3;1-6H2;;;. The predicted octanol–water partition coefficient (Wildman–Crippen LogP) is 4.90. The number of carbonyl (C=O) groups is 1. The summed E-state index contributed by atoms with van der Waals surface area (Å²) in [6.07, 6.45) is 9.00. The number of rotatable bonds is 5. The first-order valence-corrected chi connectivity index (χ1v) is 9.37. The Morgan fingerprint density at radius 2 is 1.24 bits per heavy atom. The zero-order valence-corrected chi connectivity index (χ0v) is 15.1. The summed E-state index contributed by atoms with van der Waals surface area (Å²) in [5.74, 6) is 1.97. The van der Waals surface area contributed by atoms with Crippen LogP contribution in [0.25, 0.3) is 0 Å². The van der Waals surface area contributed by atoms with Gasteiger partial charge in [0, 0.05) is 13.1 Å². The van der Waals surface area contributed by atoms with E-state index in [0.29, 0.717) is 11.8 Å². The Labute approximate surface area is 174 Å². The van der Waals surface area contributed by atoms with Crippen LogP contribution in [-0.2, 0) is 0 Å². The van der Waals surface area contributed by atoms with Crippen LogP contribution in [0.1, 0.15) is 73.1 Å². The topological polar surface area (TPSA) is 20.3 Å². The van der Waals surface area contributed by atoms with Gasteiger partial charge in [-0.1, -0.05) is 84.9 Å². The van der Waals surface area contributed by atoms with Gasteiger partial charge in [-0.25, -0.2) is 0 Å². The molecule has 2 nitrogen and oxygen atoms in total. The molecule has 1 amide bonds. The SMILES string of the molecule is C1CCCCC1.CCSC(=O)N(CC(C)C)CC(C)C.[SrH2]. The molecule has 0 aromatic heterocycles. The normalized spacial score (nSPS) is 14.2. The van der Waals surface area contributed by atoms with Crippen molar-refractivity contribution in [2.45, 2.75) is 73.1 Å². The molecule has 0 atom stereocenters. The quantitative estimate of drug-likeness (QED) is 0.622. The molecule has 0 aromatic carbocycles. The minimum absolute atomic E-state index is 0. The molecule has 4 heteroatoms. The predicted molar refractivity (Wildman–Crippen MR) is 101 cm³/mol. The van der Waals surface area contributed by atoms with Gasteiger partial charge in [-0.15, -0.1) is 0 Å². The van der Waals surface area contributed by atoms with Crippen molar-refractivity contribution in [3.8, 4) is 0 Å². The van der Waals surface area contributed by atoms with Gasteiger partial charge in [0.2, 0.25) is 0 Å². The van der Waals surface area contributed by atoms with E-state index >= 15 is 0 Å². The van der Waals surface area contributed by atoms with Crippen LogP contribution in [0.5, 0.6) is 0 Å². The van der Waals surface area contributed by atoms with Crippen LogP contribution in [0.4, 0.5) is 4.79 Å². The van der Waals surface area contributed by atoms with E-state index in [1.807, 2.05) is 11.8 Å². The summed E-state index contributed by atoms with van der Waals surface area (Å²) in [5, 5.41) is 0.231. The van der Waals surface area contributed by atoms with Crippen molar-refractivity contribution < 1.29 is 4.79 Å². The molecular weight excluding hydrogens is 354 g/mol. The fourth-order valence-corrected chi connectivity index (χ4v) is 2.96. The Kier molecular flexibility index (Phi) is 18.9. The molecule has 124 valence electrons. The first-order valence-electron chi connectivity index (χ1n) is 8.39. The first-order chi connectivity index (χ1) is 9.47. The Morgan fingerprint density at radius 3 is 1.48 bits per heavy atom. The second kappa shape index (κ2) is 16.2. The molecule has 0 aromatic rings. The van der Waals surface area contributed by atoms with Crippen LogP contribution >= 0.6 is 11.8 Å². The Bertz CT molecular complexity index is 221. The second-order valence-electron chi connectivity index (χ2n) is 6.51. The first kappa shape index (κ1) is 24.6. The van der Waals surface area contributed by atoms with E-state index in [1.54, 1.807) is 0 Å². The molecule has 0 radical (unpaired) electrons. The van der Waals surface area contributed by atoms with E-state index < -0.39 is 0 Å². The van der Waals surface area contributed by atoms with Crippen molar-refractivity contribution in [3.05, 3.63) is 0 Å². The third-order valence-corrected chi connectivity index (χ3v) is 3.99. The van der Waals surface area contributed by atoms with Gasteiger partial charge >= 0.3 is 45.5 Å². The van der Waals surface area contributed by atoms with Crippen LogP contribution in [0.15, 0.2) is 0 Å². The summed E-state index contributed by atoms with van der Waals surface area (Å²) in [4.78, 5) is 13.7. The van der Waals surface area contributed by atoms with Gasteiger partial charge < -0.3 is 4.90 Å². The molecule has 0 N–H and O–H groups in total. The van der Waals surface area contributed by atoms with Crippen LogP contribution in [0, 0.1) is 11.8 Å². The second-order valence-corrected chi connectivity index (χ2v) is 7.73. The van der Waals surface area contributed by atoms with Gasteiger partial charge in [-0.05, 0) is 17.6 Å². The maximum absolute atomic E-state index is 11.7. The molecule has 1 aliphatic rings. The van der Waals surface area contributed by atoms with Crippen molar-refractivity contribution >= 4 is 62.5 Å². The number of hydrogen-bond donors (Lipinski definition) is 0. The van der Waals surface area contributed by atoms with Crippen LogP contribution in [0.2, 0.25) is 0 Å². The molecule has 0 saturated heterocycles. The summed E-state index contributed by atoms with van der Waals surface area (Å²) in [7, 11) is 0. The Balaban J connectivity index is 0. The Hall–Kier alpha value is 1.30. The molecule has 21 heavy (non-hydrogen) atoms. The summed E-state index contributed by atoms with van der Waals surface area (Å²) in [6.45, 7) is 12.4. The zero-order chi connectivity index (χ0) is 15.4. The van der Waals surface area contributed by atoms with Gasteiger partial charge in [0.25, 0.3) is 5.24 Å². The van der Waals surface area contributed by atoms with Crippen LogP contribution in [0.3, 0.4) is 0 Å². The molecule has 0 spiro atoms. The minimum atomic E-state index is 0. The van der Waals surface area contributed by atoms with Gasteiger partial charge in [0.05, 0.1) is 0 Å². The van der Waals surface area contributed by atoms with Crippen molar-refractivity contribution in [3.63, 3.8) is 0 Å². The number of thioether (sulfide) groups is 1. The molecular formula is C17H37NOSSr. The molecule has 0 unspecified atom stereocenters.